The highest BCUT2D eigenvalue weighted by Gasteiger charge is 2.44. The number of amides is 2. The number of benzene rings is 3. The van der Waals surface area contributed by atoms with Crippen LogP contribution in [0.25, 0.3) is 0 Å². The second-order valence-electron chi connectivity index (χ2n) is 7.88. The first kappa shape index (κ1) is 24.0. The number of halogens is 1. The molecule has 1 unspecified atom stereocenters. The molecular weight excluding hydrogens is 469 g/mol. The first-order valence-corrected chi connectivity index (χ1v) is 11.2. The number of carbonyl (C=O) groups excluding carboxylic acids is 3. The van der Waals surface area contributed by atoms with Gasteiger partial charge in [0.05, 0.1) is 24.8 Å². The number of nitrogens with one attached hydrogen (secondary N) is 1. The van der Waals surface area contributed by atoms with E-state index in [-0.39, 0.29) is 17.4 Å². The quantitative estimate of drug-likeness (QED) is 0.395. The fourth-order valence-electron chi connectivity index (χ4n) is 3.82. The number of carbonyl (C=O) groups is 3. The molecule has 0 radical (unpaired) electrons. The molecule has 0 aromatic heterocycles. The molecule has 2 amide bonds. The van der Waals surface area contributed by atoms with Gasteiger partial charge in [0, 0.05) is 12.2 Å². The second kappa shape index (κ2) is 10.4. The number of anilines is 2. The van der Waals surface area contributed by atoms with Crippen LogP contribution >= 0.6 is 12.2 Å². The van der Waals surface area contributed by atoms with Crippen molar-refractivity contribution in [1.82, 2.24) is 4.90 Å². The molecule has 1 aliphatic heterocycles. The van der Waals surface area contributed by atoms with Crippen LogP contribution in [0.3, 0.4) is 0 Å². The molecule has 4 rings (SSSR count). The van der Waals surface area contributed by atoms with Gasteiger partial charge >= 0.3 is 5.97 Å². The van der Waals surface area contributed by atoms with Gasteiger partial charge in [-0.3, -0.25) is 14.5 Å². The van der Waals surface area contributed by atoms with Crippen LogP contribution in [0.4, 0.5) is 15.8 Å². The van der Waals surface area contributed by atoms with Crippen molar-refractivity contribution in [2.75, 3.05) is 17.3 Å². The molecule has 1 fully saturated rings. The van der Waals surface area contributed by atoms with E-state index in [2.05, 4.69) is 10.1 Å². The normalized spacial score (nSPS) is 15.3. The van der Waals surface area contributed by atoms with Crippen LogP contribution in [0.15, 0.2) is 78.9 Å². The van der Waals surface area contributed by atoms with Gasteiger partial charge in [0.1, 0.15) is 11.9 Å². The number of ether oxygens (including phenoxy) is 1. The number of methoxy groups -OCH3 is 1. The summed E-state index contributed by atoms with van der Waals surface area (Å²) in [7, 11) is 1.29. The Labute approximate surface area is 207 Å². The minimum absolute atomic E-state index is 0.151. The van der Waals surface area contributed by atoms with E-state index < -0.39 is 23.7 Å². The van der Waals surface area contributed by atoms with Gasteiger partial charge in [0.15, 0.2) is 5.11 Å². The highest BCUT2D eigenvalue weighted by atomic mass is 32.1. The summed E-state index contributed by atoms with van der Waals surface area (Å²) >= 11 is 5.62. The van der Waals surface area contributed by atoms with Gasteiger partial charge in [-0.25, -0.2) is 9.18 Å². The predicted molar refractivity (Wildman–Crippen MR) is 133 cm³/mol. The van der Waals surface area contributed by atoms with Gasteiger partial charge in [0.25, 0.3) is 5.91 Å². The molecule has 0 aliphatic carbocycles. The van der Waals surface area contributed by atoms with E-state index >= 15 is 0 Å². The third-order valence-corrected chi connectivity index (χ3v) is 5.98. The molecule has 178 valence electrons. The molecule has 0 saturated carbocycles. The molecular formula is C26H22FN3O4S. The first-order valence-electron chi connectivity index (χ1n) is 10.8. The van der Waals surface area contributed by atoms with E-state index in [0.29, 0.717) is 23.5 Å². The van der Waals surface area contributed by atoms with Crippen molar-refractivity contribution in [2.24, 2.45) is 0 Å². The Kier molecular flexibility index (Phi) is 7.17. The molecule has 1 atom stereocenters. The summed E-state index contributed by atoms with van der Waals surface area (Å²) in [4.78, 5) is 40.9. The lowest BCUT2D eigenvalue weighted by atomic mass is 10.1. The SMILES string of the molecule is COC(=O)c1ccc(NC(=O)CC2C(=O)N(c3ccc(F)cc3)C(=S)N2Cc2ccccc2)cc1. The standard InChI is InChI=1S/C26H22FN3O4S/c1-34-25(33)18-7-11-20(12-8-18)28-23(31)15-22-24(32)30(21-13-9-19(27)10-14-21)26(35)29(22)16-17-5-3-2-4-6-17/h2-14,22H,15-16H2,1H3,(H,28,31). The Morgan fingerprint density at radius 2 is 1.66 bits per heavy atom. The van der Waals surface area contributed by atoms with E-state index in [1.807, 2.05) is 30.3 Å². The number of hydrogen-bond donors (Lipinski definition) is 1. The number of esters is 1. The minimum Gasteiger partial charge on any atom is -0.465 e. The van der Waals surface area contributed by atoms with E-state index in [4.69, 9.17) is 12.2 Å². The maximum absolute atomic E-state index is 13.5. The summed E-state index contributed by atoms with van der Waals surface area (Å²) in [6, 6.07) is 20.3. The van der Waals surface area contributed by atoms with Crippen LogP contribution < -0.4 is 10.2 Å². The second-order valence-corrected chi connectivity index (χ2v) is 8.25. The fourth-order valence-corrected chi connectivity index (χ4v) is 4.20. The monoisotopic (exact) mass is 491 g/mol. The Morgan fingerprint density at radius 1 is 1.00 bits per heavy atom. The van der Waals surface area contributed by atoms with E-state index in [9.17, 15) is 18.8 Å². The largest absolute Gasteiger partial charge is 0.465 e. The number of nitrogens with zero attached hydrogens (tertiary/aromatic N) is 2. The van der Waals surface area contributed by atoms with Crippen molar-refractivity contribution in [3.63, 3.8) is 0 Å². The van der Waals surface area contributed by atoms with E-state index in [0.717, 1.165) is 5.56 Å². The van der Waals surface area contributed by atoms with Crippen LogP contribution in [0, 0.1) is 5.82 Å². The molecule has 1 heterocycles. The van der Waals surface area contributed by atoms with Gasteiger partial charge in [-0.05, 0) is 66.3 Å². The van der Waals surface area contributed by atoms with Gasteiger partial charge < -0.3 is 15.0 Å². The third-order valence-electron chi connectivity index (χ3n) is 5.57. The molecule has 35 heavy (non-hydrogen) atoms. The molecule has 0 spiro atoms. The van der Waals surface area contributed by atoms with Crippen molar-refractivity contribution in [2.45, 2.75) is 19.0 Å². The minimum atomic E-state index is -0.845. The van der Waals surface area contributed by atoms with Crippen LogP contribution in [0.5, 0.6) is 0 Å². The Bertz CT molecular complexity index is 1250. The van der Waals surface area contributed by atoms with Gasteiger partial charge in [-0.2, -0.15) is 0 Å². The molecule has 1 N–H and O–H groups in total. The molecule has 3 aromatic carbocycles. The molecule has 0 bridgehead atoms. The van der Waals surface area contributed by atoms with E-state index in [1.54, 1.807) is 17.0 Å². The van der Waals surface area contributed by atoms with Crippen LogP contribution in [-0.4, -0.2) is 40.9 Å². The lowest BCUT2D eigenvalue weighted by molar-refractivity contribution is -0.124. The van der Waals surface area contributed by atoms with Gasteiger partial charge in [-0.15, -0.1) is 0 Å². The zero-order valence-corrected chi connectivity index (χ0v) is 19.6. The summed E-state index contributed by atoms with van der Waals surface area (Å²) in [5.74, 6) is -1.67. The molecule has 3 aromatic rings. The topological polar surface area (TPSA) is 78.9 Å². The fraction of sp³-hybridized carbons (Fsp3) is 0.154. The highest BCUT2D eigenvalue weighted by molar-refractivity contribution is 7.80. The maximum Gasteiger partial charge on any atom is 0.337 e. The summed E-state index contributed by atoms with van der Waals surface area (Å²) in [5.41, 5.74) is 2.18. The van der Waals surface area contributed by atoms with Gasteiger partial charge in [-0.1, -0.05) is 30.3 Å². The van der Waals surface area contributed by atoms with Crippen molar-refractivity contribution in [1.29, 1.82) is 0 Å². The molecule has 7 nitrogen and oxygen atoms in total. The first-order chi connectivity index (χ1) is 16.9. The lowest BCUT2D eigenvalue weighted by Gasteiger charge is -2.24. The smallest absolute Gasteiger partial charge is 0.337 e. The summed E-state index contributed by atoms with van der Waals surface area (Å²) in [5, 5.41) is 2.99. The van der Waals surface area contributed by atoms with Crippen molar-refractivity contribution < 1.29 is 23.5 Å². The zero-order valence-electron chi connectivity index (χ0n) is 18.8. The van der Waals surface area contributed by atoms with Gasteiger partial charge in [0.2, 0.25) is 5.91 Å². The van der Waals surface area contributed by atoms with Crippen molar-refractivity contribution in [3.8, 4) is 0 Å². The summed E-state index contributed by atoms with van der Waals surface area (Å²) in [6.45, 7) is 0.328. The molecule has 9 heteroatoms. The molecule has 1 aliphatic rings. The Morgan fingerprint density at radius 3 is 2.29 bits per heavy atom. The Hall–Kier alpha value is -4.11. The number of hydrogen-bond acceptors (Lipinski definition) is 5. The number of thiocarbonyl (C=S) groups is 1. The predicted octanol–water partition coefficient (Wildman–Crippen LogP) is 4.14. The highest BCUT2D eigenvalue weighted by Crippen LogP contribution is 2.29. The maximum atomic E-state index is 13.5. The summed E-state index contributed by atoms with van der Waals surface area (Å²) < 4.78 is 18.1. The zero-order chi connectivity index (χ0) is 24.9. The average Bonchev–Trinajstić information content (AvgIpc) is 3.09. The Balaban J connectivity index is 1.55. The van der Waals surface area contributed by atoms with Crippen LogP contribution in [0.2, 0.25) is 0 Å². The van der Waals surface area contributed by atoms with E-state index in [1.165, 1.54) is 48.4 Å². The van der Waals surface area contributed by atoms with Crippen LogP contribution in [0.1, 0.15) is 22.3 Å². The van der Waals surface area contributed by atoms with Crippen molar-refractivity contribution in [3.05, 3.63) is 95.8 Å². The average molecular weight is 492 g/mol. The lowest BCUT2D eigenvalue weighted by Crippen LogP contribution is -2.37. The van der Waals surface area contributed by atoms with Crippen molar-refractivity contribution >= 4 is 46.5 Å². The van der Waals surface area contributed by atoms with Crippen LogP contribution in [-0.2, 0) is 20.9 Å². The summed E-state index contributed by atoms with van der Waals surface area (Å²) in [6.07, 6.45) is -0.151. The number of rotatable bonds is 7. The third kappa shape index (κ3) is 5.36. The molecule has 1 saturated heterocycles.